The van der Waals surface area contributed by atoms with Gasteiger partial charge in [-0.2, -0.15) is 15.0 Å². The molecule has 3 rings (SSSR count). The minimum atomic E-state index is -1.42. The van der Waals surface area contributed by atoms with Crippen LogP contribution in [0, 0.1) is 11.3 Å². The van der Waals surface area contributed by atoms with E-state index in [-0.39, 0.29) is 18.2 Å². The van der Waals surface area contributed by atoms with Crippen molar-refractivity contribution in [3.8, 4) is 11.9 Å². The highest BCUT2D eigenvalue weighted by atomic mass is 19.1. The van der Waals surface area contributed by atoms with E-state index in [2.05, 4.69) is 31.8 Å². The molecule has 0 aromatic carbocycles. The minimum Gasteiger partial charge on any atom is -0.392 e. The van der Waals surface area contributed by atoms with Crippen LogP contribution in [0.3, 0.4) is 0 Å². The number of nitrogens with zero attached hydrogens (tertiary/aromatic N) is 5. The van der Waals surface area contributed by atoms with Crippen molar-refractivity contribution in [2.45, 2.75) is 50.8 Å². The number of hydrogen-bond acceptors (Lipinski definition) is 7. The van der Waals surface area contributed by atoms with Crippen molar-refractivity contribution in [3.63, 3.8) is 0 Å². The van der Waals surface area contributed by atoms with Crippen molar-refractivity contribution in [2.24, 2.45) is 0 Å². The summed E-state index contributed by atoms with van der Waals surface area (Å²) in [6.45, 7) is 7.01. The first kappa shape index (κ1) is 26.2. The molecule has 0 bridgehead atoms. The molecule has 3 aromatic rings. The van der Waals surface area contributed by atoms with Gasteiger partial charge in [0.1, 0.15) is 35.8 Å². The van der Waals surface area contributed by atoms with Crippen molar-refractivity contribution in [3.05, 3.63) is 41.9 Å². The molecule has 9 nitrogen and oxygen atoms in total. The average Bonchev–Trinajstić information content (AvgIpc) is 3.18. The smallest absolute Gasteiger partial charge is 0.255 e. The Balaban J connectivity index is 1.85. The molecule has 1 atom stereocenters. The molecule has 0 aliphatic heterocycles. The normalized spacial score (nSPS) is 12.9. The number of pyridine rings is 2. The molecule has 13 heteroatoms. The molecule has 0 fully saturated rings. The van der Waals surface area contributed by atoms with Gasteiger partial charge in [0.25, 0.3) is 5.91 Å². The van der Waals surface area contributed by atoms with Crippen LogP contribution in [-0.4, -0.2) is 78.9 Å². The molecule has 35 heavy (non-hydrogen) atoms. The number of carbonyl (C=O) groups is 1. The van der Waals surface area contributed by atoms with E-state index in [4.69, 9.17) is 10.00 Å². The second kappa shape index (κ2) is 10.1. The predicted octanol–water partition coefficient (Wildman–Crippen LogP) is -0.119. The summed E-state index contributed by atoms with van der Waals surface area (Å²) in [6.07, 6.45) is 3.08. The van der Waals surface area contributed by atoms with E-state index in [0.717, 1.165) is 0 Å². The van der Waals surface area contributed by atoms with Gasteiger partial charge < -0.3 is 15.4 Å². The number of hydrogen-bond donors (Lipinski definition) is 2. The average molecular weight is 475 g/mol. The summed E-state index contributed by atoms with van der Waals surface area (Å²) in [6, 6.07) is 5.47. The highest BCUT2D eigenvalue weighted by molar-refractivity contribution is 6.58. The third-order valence-electron chi connectivity index (χ3n) is 5.10. The first-order chi connectivity index (χ1) is 16.3. The Bertz CT molecular complexity index is 1270. The third-order valence-corrected chi connectivity index (χ3v) is 5.10. The number of aromatic nitrogens is 4. The van der Waals surface area contributed by atoms with Crippen LogP contribution in [0.1, 0.15) is 43.6 Å². The Labute approximate surface area is 207 Å². The van der Waals surface area contributed by atoms with Crippen LogP contribution in [0.15, 0.2) is 30.7 Å². The number of rotatable bonds is 9. The molecule has 0 aliphatic carbocycles. The Kier molecular flexibility index (Phi) is 7.55. The van der Waals surface area contributed by atoms with Crippen LogP contribution in [0.4, 0.5) is 10.1 Å². The van der Waals surface area contributed by atoms with Crippen LogP contribution in [0.5, 0.6) is 0 Å². The van der Waals surface area contributed by atoms with Crippen LogP contribution in [0.25, 0.3) is 16.9 Å². The monoisotopic (exact) mass is 475 g/mol. The molecule has 1 unspecified atom stereocenters. The Morgan fingerprint density at radius 3 is 2.57 bits per heavy atom. The van der Waals surface area contributed by atoms with E-state index in [0.29, 0.717) is 28.1 Å². The minimum absolute atomic E-state index is 0.0236. The molecule has 0 saturated heterocycles. The lowest BCUT2D eigenvalue weighted by Crippen LogP contribution is -2.51. The molecular formula is C22H29B3FN7O2. The van der Waals surface area contributed by atoms with Crippen molar-refractivity contribution in [1.82, 2.24) is 25.1 Å². The van der Waals surface area contributed by atoms with Gasteiger partial charge in [0, 0.05) is 29.9 Å². The third kappa shape index (κ3) is 6.39. The van der Waals surface area contributed by atoms with E-state index in [9.17, 15) is 9.18 Å². The molecular weight excluding hydrogens is 446 g/mol. The largest absolute Gasteiger partial charge is 0.392 e. The van der Waals surface area contributed by atoms with Crippen LogP contribution in [-0.2, 0) is 4.74 Å². The Morgan fingerprint density at radius 2 is 1.94 bits per heavy atom. The molecule has 0 spiro atoms. The van der Waals surface area contributed by atoms with Crippen LogP contribution in [0.2, 0.25) is 0 Å². The number of nitriles is 1. The maximum absolute atomic E-state index is 14.9. The molecule has 3 heterocycles. The Hall–Kier alpha value is -3.39. The van der Waals surface area contributed by atoms with Gasteiger partial charge in [-0.3, -0.25) is 4.79 Å². The van der Waals surface area contributed by atoms with E-state index in [1.54, 1.807) is 32.2 Å². The lowest BCUT2D eigenvalue weighted by atomic mass is 9.52. The van der Waals surface area contributed by atoms with Crippen molar-refractivity contribution in [2.75, 3.05) is 11.9 Å². The topological polar surface area (TPSA) is 118 Å². The molecule has 0 aliphatic rings. The van der Waals surface area contributed by atoms with Crippen molar-refractivity contribution >= 4 is 46.2 Å². The quantitative estimate of drug-likeness (QED) is 0.415. The van der Waals surface area contributed by atoms with Gasteiger partial charge in [-0.15, -0.1) is 0 Å². The summed E-state index contributed by atoms with van der Waals surface area (Å²) < 4.78 is 22.3. The second-order valence-corrected chi connectivity index (χ2v) is 10.2. The lowest BCUT2D eigenvalue weighted by Gasteiger charge is -2.36. The zero-order valence-electron chi connectivity index (χ0n) is 21.2. The molecule has 180 valence electrons. The van der Waals surface area contributed by atoms with Gasteiger partial charge in [-0.1, -0.05) is 0 Å². The first-order valence-corrected chi connectivity index (χ1v) is 11.4. The van der Waals surface area contributed by atoms with E-state index < -0.39 is 23.0 Å². The highest BCUT2D eigenvalue weighted by Gasteiger charge is 2.34. The summed E-state index contributed by atoms with van der Waals surface area (Å²) in [5, 5.41) is 19.5. The van der Waals surface area contributed by atoms with Gasteiger partial charge in [-0.05, 0) is 39.1 Å². The fourth-order valence-corrected chi connectivity index (χ4v) is 3.70. The van der Waals surface area contributed by atoms with Gasteiger partial charge in [0.15, 0.2) is 11.5 Å². The van der Waals surface area contributed by atoms with E-state index in [1.165, 1.54) is 17.1 Å². The number of carbonyl (C=O) groups excluding carboxylic acids is 1. The maximum Gasteiger partial charge on any atom is 0.255 e. The van der Waals surface area contributed by atoms with Gasteiger partial charge >= 0.3 is 0 Å². The highest BCUT2D eigenvalue weighted by Crippen LogP contribution is 2.24. The SMILES string of the molecule is BC(B)(B)OC(C)(C)C(F)CNC(=O)c1cnc(-n2ncc3cc(C#N)cnc32)cc1NC(C)C. The fourth-order valence-electron chi connectivity index (χ4n) is 3.70. The predicted molar refractivity (Wildman–Crippen MR) is 141 cm³/mol. The first-order valence-electron chi connectivity index (χ1n) is 11.4. The Morgan fingerprint density at radius 1 is 1.23 bits per heavy atom. The van der Waals surface area contributed by atoms with Crippen molar-refractivity contribution < 1.29 is 13.9 Å². The molecule has 0 radical (unpaired) electrons. The number of amides is 1. The summed E-state index contributed by atoms with van der Waals surface area (Å²) in [5.74, 6) is -0.0106. The molecule has 2 N–H and O–H groups in total. The zero-order chi connectivity index (χ0) is 26.0. The van der Waals surface area contributed by atoms with Crippen molar-refractivity contribution in [1.29, 1.82) is 5.26 Å². The number of ether oxygens (including phenoxy) is 1. The standard InChI is InChI=1S/C22H29B3FN7O2/c1-12(2)32-16-6-18(33-19-14(9-31-33)5-13(7-27)8-29-19)28-10-15(16)20(34)30-11-17(26)21(3,4)35-22(23,24)25/h5-6,8-10,12,17H,11,23-25H2,1-4H3,(H,28,32)(H,30,34). The summed E-state index contributed by atoms with van der Waals surface area (Å²) in [5.41, 5.74) is 0.694. The summed E-state index contributed by atoms with van der Waals surface area (Å²) in [4.78, 5) is 21.7. The fraction of sp³-hybridized carbons (Fsp3) is 0.409. The second-order valence-electron chi connectivity index (χ2n) is 10.2. The number of halogens is 1. The van der Waals surface area contributed by atoms with E-state index >= 15 is 0 Å². The number of nitrogens with one attached hydrogen (secondary N) is 2. The molecule has 1 amide bonds. The lowest BCUT2D eigenvalue weighted by molar-refractivity contribution is -0.0753. The van der Waals surface area contributed by atoms with Crippen LogP contribution >= 0.6 is 0 Å². The van der Waals surface area contributed by atoms with Crippen LogP contribution < -0.4 is 10.6 Å². The van der Waals surface area contributed by atoms with Gasteiger partial charge in [0.05, 0.1) is 35.2 Å². The zero-order valence-corrected chi connectivity index (χ0v) is 21.2. The van der Waals surface area contributed by atoms with Gasteiger partial charge in [0.2, 0.25) is 0 Å². The van der Waals surface area contributed by atoms with Gasteiger partial charge in [-0.25, -0.2) is 14.4 Å². The maximum atomic E-state index is 14.9. The number of anilines is 1. The van der Waals surface area contributed by atoms with E-state index in [1.807, 2.05) is 37.4 Å². The summed E-state index contributed by atoms with van der Waals surface area (Å²) >= 11 is 0. The molecule has 3 aromatic heterocycles. The molecule has 0 saturated carbocycles. The number of fused-ring (bicyclic) bond motifs is 1. The number of alkyl halides is 1. The summed E-state index contributed by atoms with van der Waals surface area (Å²) in [7, 11) is 5.58.